The summed E-state index contributed by atoms with van der Waals surface area (Å²) in [6, 6.07) is 2.27. The molecule has 0 aromatic carbocycles. The number of pyridine rings is 1. The van der Waals surface area contributed by atoms with Crippen molar-refractivity contribution in [3.63, 3.8) is 0 Å². The van der Waals surface area contributed by atoms with Gasteiger partial charge in [-0.3, -0.25) is 14.6 Å². The second-order valence-electron chi connectivity index (χ2n) is 6.98. The molecule has 2 heterocycles. The number of urea groups is 1. The lowest BCUT2D eigenvalue weighted by Crippen LogP contribution is -2.53. The Hall–Kier alpha value is -2.64. The zero-order chi connectivity index (χ0) is 19.1. The molecule has 1 aromatic heterocycles. The highest BCUT2D eigenvalue weighted by molar-refractivity contribution is 5.93. The van der Waals surface area contributed by atoms with Crippen LogP contribution in [0.1, 0.15) is 43.5 Å². The van der Waals surface area contributed by atoms with Crippen molar-refractivity contribution in [1.82, 2.24) is 20.5 Å². The number of carbonyl (C=O) groups excluding carboxylic acids is 3. The number of nitrogens with one attached hydrogen (secondary N) is 2. The molecule has 2 rings (SSSR count). The van der Waals surface area contributed by atoms with E-state index in [2.05, 4.69) is 15.6 Å². The molecule has 0 bridgehead atoms. The van der Waals surface area contributed by atoms with Crippen LogP contribution in [-0.4, -0.2) is 52.9 Å². The van der Waals surface area contributed by atoms with Crippen LogP contribution in [0.2, 0.25) is 0 Å². The first-order chi connectivity index (χ1) is 12.4. The number of hydrogen-bond donors (Lipinski definition) is 3. The first-order valence-electron chi connectivity index (χ1n) is 8.93. The third-order valence-corrected chi connectivity index (χ3v) is 4.36. The molecule has 1 aromatic rings. The van der Waals surface area contributed by atoms with E-state index in [1.807, 2.05) is 13.8 Å². The maximum absolute atomic E-state index is 12.6. The fourth-order valence-electron chi connectivity index (χ4n) is 3.14. The monoisotopic (exact) mass is 361 g/mol. The van der Waals surface area contributed by atoms with Crippen LogP contribution in [0.4, 0.5) is 4.79 Å². The van der Waals surface area contributed by atoms with E-state index in [9.17, 15) is 14.4 Å². The molecule has 0 spiro atoms. The van der Waals surface area contributed by atoms with Gasteiger partial charge in [-0.15, -0.1) is 0 Å². The number of carbonyl (C=O) groups is 3. The number of aromatic nitrogens is 1. The van der Waals surface area contributed by atoms with Gasteiger partial charge in [0.15, 0.2) is 0 Å². The second kappa shape index (κ2) is 9.17. The average molecular weight is 361 g/mol. The molecule has 4 N–H and O–H groups in total. The van der Waals surface area contributed by atoms with Crippen molar-refractivity contribution in [3.05, 3.63) is 30.1 Å². The van der Waals surface area contributed by atoms with Crippen molar-refractivity contribution >= 4 is 17.8 Å². The summed E-state index contributed by atoms with van der Waals surface area (Å²) >= 11 is 0. The summed E-state index contributed by atoms with van der Waals surface area (Å²) in [5.74, 6) is -0.388. The summed E-state index contributed by atoms with van der Waals surface area (Å²) in [7, 11) is 0. The molecular formula is C18H27N5O3. The quantitative estimate of drug-likeness (QED) is 0.668. The highest BCUT2D eigenvalue weighted by atomic mass is 16.2. The van der Waals surface area contributed by atoms with E-state index >= 15 is 0 Å². The molecule has 8 heteroatoms. The number of amides is 4. The molecule has 1 aliphatic rings. The van der Waals surface area contributed by atoms with E-state index in [0.717, 1.165) is 6.42 Å². The molecule has 0 radical (unpaired) electrons. The van der Waals surface area contributed by atoms with Gasteiger partial charge in [-0.05, 0) is 37.3 Å². The Morgan fingerprint density at radius 3 is 2.77 bits per heavy atom. The normalized spacial score (nSPS) is 17.8. The lowest BCUT2D eigenvalue weighted by molar-refractivity contribution is -0.121. The minimum atomic E-state index is -0.556. The van der Waals surface area contributed by atoms with Crippen LogP contribution in [0.15, 0.2) is 24.5 Å². The van der Waals surface area contributed by atoms with Crippen LogP contribution in [0.5, 0.6) is 0 Å². The third-order valence-electron chi connectivity index (χ3n) is 4.36. The molecule has 8 nitrogen and oxygen atoms in total. The van der Waals surface area contributed by atoms with Crippen molar-refractivity contribution in [3.8, 4) is 0 Å². The average Bonchev–Trinajstić information content (AvgIpc) is 3.10. The predicted molar refractivity (Wildman–Crippen MR) is 97.3 cm³/mol. The van der Waals surface area contributed by atoms with Gasteiger partial charge < -0.3 is 21.3 Å². The Kier molecular flexibility index (Phi) is 6.94. The number of nitrogens with zero attached hydrogens (tertiary/aromatic N) is 2. The molecule has 2 unspecified atom stereocenters. The SMILES string of the molecule is CC(C)CC(CNC(=O)c1cccnc1)NC(=O)N1CCCC1C(N)=O. The summed E-state index contributed by atoms with van der Waals surface area (Å²) in [5, 5.41) is 5.76. The van der Waals surface area contributed by atoms with Crippen molar-refractivity contribution in [1.29, 1.82) is 0 Å². The second-order valence-corrected chi connectivity index (χ2v) is 6.98. The lowest BCUT2D eigenvalue weighted by atomic mass is 10.0. The van der Waals surface area contributed by atoms with E-state index < -0.39 is 11.9 Å². The largest absolute Gasteiger partial charge is 0.368 e. The van der Waals surface area contributed by atoms with Gasteiger partial charge in [-0.25, -0.2) is 4.79 Å². The van der Waals surface area contributed by atoms with Gasteiger partial charge in [-0.2, -0.15) is 0 Å². The summed E-state index contributed by atoms with van der Waals surface area (Å²) in [4.78, 5) is 41.6. The number of likely N-dealkylation sites (tertiary alicyclic amines) is 1. The number of primary amides is 1. The standard InChI is InChI=1S/C18H27N5O3/c1-12(2)9-14(11-21-17(25)13-5-3-7-20-10-13)22-18(26)23-8-4-6-15(23)16(19)24/h3,5,7,10,12,14-15H,4,6,8-9,11H2,1-2H3,(H2,19,24)(H,21,25)(H,22,26). The summed E-state index contributed by atoms with van der Waals surface area (Å²) in [6.07, 6.45) is 5.15. The van der Waals surface area contributed by atoms with Gasteiger partial charge in [0.05, 0.1) is 5.56 Å². The van der Waals surface area contributed by atoms with Gasteiger partial charge in [0.25, 0.3) is 5.91 Å². The van der Waals surface area contributed by atoms with Crippen molar-refractivity contribution in [2.75, 3.05) is 13.1 Å². The minimum absolute atomic E-state index is 0.239. The first-order valence-corrected chi connectivity index (χ1v) is 8.93. The Bertz CT molecular complexity index is 635. The Morgan fingerprint density at radius 2 is 2.15 bits per heavy atom. The van der Waals surface area contributed by atoms with Crippen molar-refractivity contribution < 1.29 is 14.4 Å². The maximum Gasteiger partial charge on any atom is 0.318 e. The van der Waals surface area contributed by atoms with Crippen LogP contribution < -0.4 is 16.4 Å². The Morgan fingerprint density at radius 1 is 1.38 bits per heavy atom. The predicted octanol–water partition coefficient (Wildman–Crippen LogP) is 0.885. The van der Waals surface area contributed by atoms with Gasteiger partial charge in [0, 0.05) is 31.5 Å². The molecule has 26 heavy (non-hydrogen) atoms. The fraction of sp³-hybridized carbons (Fsp3) is 0.556. The maximum atomic E-state index is 12.6. The van der Waals surface area contributed by atoms with Crippen LogP contribution in [0.25, 0.3) is 0 Å². The highest BCUT2D eigenvalue weighted by Gasteiger charge is 2.33. The minimum Gasteiger partial charge on any atom is -0.368 e. The molecular weight excluding hydrogens is 334 g/mol. The van der Waals surface area contributed by atoms with E-state index in [1.165, 1.54) is 11.1 Å². The van der Waals surface area contributed by atoms with Gasteiger partial charge >= 0.3 is 6.03 Å². The Balaban J connectivity index is 1.95. The van der Waals surface area contributed by atoms with Crippen LogP contribution in [0, 0.1) is 5.92 Å². The van der Waals surface area contributed by atoms with Gasteiger partial charge in [0.1, 0.15) is 6.04 Å². The fourth-order valence-corrected chi connectivity index (χ4v) is 3.14. The third kappa shape index (κ3) is 5.44. The van der Waals surface area contributed by atoms with Gasteiger partial charge in [-0.1, -0.05) is 13.8 Å². The molecule has 1 saturated heterocycles. The first kappa shape index (κ1) is 19.7. The molecule has 2 atom stereocenters. The summed E-state index contributed by atoms with van der Waals surface area (Å²) < 4.78 is 0. The molecule has 1 fully saturated rings. The molecule has 0 aliphatic carbocycles. The van der Waals surface area contributed by atoms with Gasteiger partial charge in [0.2, 0.25) is 5.91 Å². The van der Waals surface area contributed by atoms with E-state index in [0.29, 0.717) is 37.4 Å². The zero-order valence-corrected chi connectivity index (χ0v) is 15.3. The zero-order valence-electron chi connectivity index (χ0n) is 15.3. The van der Waals surface area contributed by atoms with E-state index in [4.69, 9.17) is 5.73 Å². The number of nitrogens with two attached hydrogens (primary N) is 1. The van der Waals surface area contributed by atoms with E-state index in [1.54, 1.807) is 18.3 Å². The highest BCUT2D eigenvalue weighted by Crippen LogP contribution is 2.17. The lowest BCUT2D eigenvalue weighted by Gasteiger charge is -2.27. The van der Waals surface area contributed by atoms with Crippen LogP contribution >= 0.6 is 0 Å². The summed E-state index contributed by atoms with van der Waals surface area (Å²) in [5.41, 5.74) is 5.84. The van der Waals surface area contributed by atoms with Crippen molar-refractivity contribution in [2.24, 2.45) is 11.7 Å². The molecule has 4 amide bonds. The van der Waals surface area contributed by atoms with Crippen molar-refractivity contribution in [2.45, 2.75) is 45.2 Å². The number of hydrogen-bond acceptors (Lipinski definition) is 4. The smallest absolute Gasteiger partial charge is 0.318 e. The van der Waals surface area contributed by atoms with E-state index in [-0.39, 0.29) is 18.0 Å². The Labute approximate surface area is 153 Å². The number of rotatable bonds is 7. The molecule has 0 saturated carbocycles. The van der Waals surface area contributed by atoms with Crippen LogP contribution in [0.3, 0.4) is 0 Å². The molecule has 1 aliphatic heterocycles. The topological polar surface area (TPSA) is 117 Å². The molecule has 142 valence electrons. The summed E-state index contributed by atoms with van der Waals surface area (Å²) in [6.45, 7) is 4.90. The van der Waals surface area contributed by atoms with Crippen LogP contribution in [-0.2, 0) is 4.79 Å².